The summed E-state index contributed by atoms with van der Waals surface area (Å²) < 4.78 is 6.99. The summed E-state index contributed by atoms with van der Waals surface area (Å²) in [5.41, 5.74) is 4.30. The van der Waals surface area contributed by atoms with Crippen LogP contribution in [0.1, 0.15) is 38.3 Å². The molecule has 2 aromatic carbocycles. The quantitative estimate of drug-likeness (QED) is 0.403. The number of methoxy groups -OCH3 is 1. The fourth-order valence-corrected chi connectivity index (χ4v) is 4.41. The van der Waals surface area contributed by atoms with E-state index >= 15 is 0 Å². The number of benzene rings is 2. The van der Waals surface area contributed by atoms with Crippen LogP contribution in [0, 0.1) is 11.3 Å². The van der Waals surface area contributed by atoms with Gasteiger partial charge in [0, 0.05) is 44.3 Å². The molecule has 4 aromatic rings. The van der Waals surface area contributed by atoms with E-state index in [-0.39, 0.29) is 11.8 Å². The van der Waals surface area contributed by atoms with Gasteiger partial charge in [0.25, 0.3) is 11.8 Å². The minimum absolute atomic E-state index is 0.137. The summed E-state index contributed by atoms with van der Waals surface area (Å²) in [6, 6.07) is 18.1. The summed E-state index contributed by atoms with van der Waals surface area (Å²) in [6.45, 7) is 1.66. The SMILES string of the molecule is COCCCn1c(NC(=O)c2cccc(C#N)c2)nc2cc(C(=O)N3CCc4ccccc43)cnc21. The number of nitrogens with one attached hydrogen (secondary N) is 1. The summed E-state index contributed by atoms with van der Waals surface area (Å²) in [6.07, 6.45) is 3.05. The number of hydrogen-bond acceptors (Lipinski definition) is 6. The molecule has 1 aliphatic heterocycles. The molecule has 5 rings (SSSR count). The van der Waals surface area contributed by atoms with Gasteiger partial charge in [0.2, 0.25) is 5.95 Å². The lowest BCUT2D eigenvalue weighted by Crippen LogP contribution is -2.28. The summed E-state index contributed by atoms with van der Waals surface area (Å²) in [5.74, 6) is -0.209. The second-order valence-electron chi connectivity index (χ2n) is 8.48. The maximum atomic E-state index is 13.3. The Hall–Kier alpha value is -4.55. The van der Waals surface area contributed by atoms with E-state index in [2.05, 4.69) is 15.3 Å². The molecule has 2 amide bonds. The van der Waals surface area contributed by atoms with E-state index in [4.69, 9.17) is 10.00 Å². The number of aromatic nitrogens is 3. The Kier molecular flexibility index (Phi) is 6.43. The molecule has 36 heavy (non-hydrogen) atoms. The number of anilines is 2. The molecule has 0 spiro atoms. The topological polar surface area (TPSA) is 113 Å². The van der Waals surface area contributed by atoms with E-state index in [1.54, 1.807) is 47.0 Å². The van der Waals surface area contributed by atoms with Gasteiger partial charge in [0.15, 0.2) is 5.65 Å². The number of para-hydroxylation sites is 1. The second-order valence-corrected chi connectivity index (χ2v) is 8.48. The smallest absolute Gasteiger partial charge is 0.259 e. The van der Waals surface area contributed by atoms with Gasteiger partial charge in [0.1, 0.15) is 5.52 Å². The van der Waals surface area contributed by atoms with Crippen molar-refractivity contribution in [3.8, 4) is 6.07 Å². The van der Waals surface area contributed by atoms with Crippen LogP contribution in [-0.2, 0) is 17.7 Å². The number of amides is 2. The standard InChI is InChI=1S/C27H24N6O3/c1-36-13-5-11-33-24-22(30-27(33)31-25(34)20-8-4-6-18(14-20)16-28)15-21(17-29-24)26(35)32-12-10-19-7-2-3-9-23(19)32/h2-4,6-9,14-15,17H,5,10-13H2,1H3,(H,30,31,34). The van der Waals surface area contributed by atoms with Crippen molar-refractivity contribution < 1.29 is 14.3 Å². The predicted octanol–water partition coefficient (Wildman–Crippen LogP) is 3.79. The molecule has 0 fully saturated rings. The number of aryl methyl sites for hydroxylation is 1. The molecule has 0 aliphatic carbocycles. The van der Waals surface area contributed by atoms with Gasteiger partial charge >= 0.3 is 0 Å². The molecule has 0 saturated heterocycles. The number of ether oxygens (including phenoxy) is 1. The molecule has 0 radical (unpaired) electrons. The lowest BCUT2D eigenvalue weighted by atomic mass is 10.1. The average Bonchev–Trinajstić information content (AvgIpc) is 3.49. The van der Waals surface area contributed by atoms with Gasteiger partial charge in [-0.15, -0.1) is 0 Å². The van der Waals surface area contributed by atoms with E-state index in [1.165, 1.54) is 6.07 Å². The first-order valence-electron chi connectivity index (χ1n) is 11.7. The highest BCUT2D eigenvalue weighted by Gasteiger charge is 2.26. The van der Waals surface area contributed by atoms with Gasteiger partial charge in [-0.2, -0.15) is 5.26 Å². The molecule has 2 aromatic heterocycles. The monoisotopic (exact) mass is 480 g/mol. The second kappa shape index (κ2) is 9.98. The Morgan fingerprint density at radius 1 is 1.14 bits per heavy atom. The van der Waals surface area contributed by atoms with Crippen molar-refractivity contribution in [3.05, 3.63) is 83.0 Å². The molecule has 0 saturated carbocycles. The number of nitriles is 1. The molecule has 3 heterocycles. The van der Waals surface area contributed by atoms with Crippen molar-refractivity contribution in [2.24, 2.45) is 0 Å². The van der Waals surface area contributed by atoms with Crippen molar-refractivity contribution in [2.75, 3.05) is 30.5 Å². The van der Waals surface area contributed by atoms with E-state index in [9.17, 15) is 9.59 Å². The lowest BCUT2D eigenvalue weighted by Gasteiger charge is -2.17. The molecule has 180 valence electrons. The van der Waals surface area contributed by atoms with E-state index in [0.29, 0.717) is 59.9 Å². The molecule has 0 atom stereocenters. The highest BCUT2D eigenvalue weighted by Crippen LogP contribution is 2.29. The van der Waals surface area contributed by atoms with Crippen LogP contribution >= 0.6 is 0 Å². The number of fused-ring (bicyclic) bond motifs is 2. The van der Waals surface area contributed by atoms with Gasteiger partial charge < -0.3 is 9.64 Å². The molecule has 0 bridgehead atoms. The maximum Gasteiger partial charge on any atom is 0.259 e. The van der Waals surface area contributed by atoms with Crippen molar-refractivity contribution in [1.29, 1.82) is 5.26 Å². The van der Waals surface area contributed by atoms with Gasteiger partial charge in [0.05, 0.1) is 17.2 Å². The fourth-order valence-electron chi connectivity index (χ4n) is 4.41. The summed E-state index contributed by atoms with van der Waals surface area (Å²) >= 11 is 0. The number of hydrogen-bond donors (Lipinski definition) is 1. The van der Waals surface area contributed by atoms with Crippen LogP contribution in [0.4, 0.5) is 11.6 Å². The van der Waals surface area contributed by atoms with Crippen LogP contribution in [-0.4, -0.2) is 46.6 Å². The number of carbonyl (C=O) groups excluding carboxylic acids is 2. The molecule has 9 heteroatoms. The van der Waals surface area contributed by atoms with Gasteiger partial charge in [-0.1, -0.05) is 24.3 Å². The van der Waals surface area contributed by atoms with Crippen molar-refractivity contribution >= 4 is 34.6 Å². The number of imidazole rings is 1. The minimum atomic E-state index is -0.389. The number of nitrogens with zero attached hydrogens (tertiary/aromatic N) is 5. The normalized spacial score (nSPS) is 12.4. The van der Waals surface area contributed by atoms with Crippen LogP contribution in [0.15, 0.2) is 60.8 Å². The average molecular weight is 481 g/mol. The molecule has 0 unspecified atom stereocenters. The Morgan fingerprint density at radius 2 is 2.00 bits per heavy atom. The highest BCUT2D eigenvalue weighted by atomic mass is 16.5. The van der Waals surface area contributed by atoms with Gasteiger partial charge in [-0.3, -0.25) is 19.5 Å². The molecule has 1 aliphatic rings. The predicted molar refractivity (Wildman–Crippen MR) is 135 cm³/mol. The van der Waals surface area contributed by atoms with Crippen LogP contribution in [0.2, 0.25) is 0 Å². The van der Waals surface area contributed by atoms with Crippen LogP contribution in [0.3, 0.4) is 0 Å². The Labute approximate surface area is 208 Å². The zero-order valence-corrected chi connectivity index (χ0v) is 19.8. The zero-order valence-electron chi connectivity index (χ0n) is 19.8. The third kappa shape index (κ3) is 4.42. The first-order chi connectivity index (χ1) is 17.6. The number of rotatable bonds is 7. The largest absolute Gasteiger partial charge is 0.385 e. The molecular weight excluding hydrogens is 456 g/mol. The van der Waals surface area contributed by atoms with Crippen LogP contribution in [0.25, 0.3) is 11.2 Å². The Bertz CT molecular complexity index is 1500. The zero-order chi connectivity index (χ0) is 25.1. The number of carbonyl (C=O) groups is 2. The summed E-state index contributed by atoms with van der Waals surface area (Å²) in [7, 11) is 1.63. The lowest BCUT2D eigenvalue weighted by molar-refractivity contribution is 0.0987. The molecular formula is C27H24N6O3. The Balaban J connectivity index is 1.47. The first kappa shape index (κ1) is 23.2. The fraction of sp³-hybridized carbons (Fsp3) is 0.222. The molecule has 1 N–H and O–H groups in total. The third-order valence-corrected chi connectivity index (χ3v) is 6.17. The highest BCUT2D eigenvalue weighted by molar-refractivity contribution is 6.08. The van der Waals surface area contributed by atoms with E-state index in [1.807, 2.05) is 30.3 Å². The van der Waals surface area contributed by atoms with Crippen molar-refractivity contribution in [1.82, 2.24) is 14.5 Å². The first-order valence-corrected chi connectivity index (χ1v) is 11.7. The van der Waals surface area contributed by atoms with Crippen molar-refractivity contribution in [2.45, 2.75) is 19.4 Å². The van der Waals surface area contributed by atoms with Crippen molar-refractivity contribution in [3.63, 3.8) is 0 Å². The van der Waals surface area contributed by atoms with Crippen LogP contribution in [0.5, 0.6) is 0 Å². The van der Waals surface area contributed by atoms with E-state index in [0.717, 1.165) is 17.7 Å². The van der Waals surface area contributed by atoms with Gasteiger partial charge in [-0.05, 0) is 48.7 Å². The number of pyridine rings is 1. The third-order valence-electron chi connectivity index (χ3n) is 6.17. The summed E-state index contributed by atoms with van der Waals surface area (Å²) in [4.78, 5) is 37.2. The Morgan fingerprint density at radius 3 is 2.83 bits per heavy atom. The summed E-state index contributed by atoms with van der Waals surface area (Å²) in [5, 5.41) is 12.0. The molecule has 9 nitrogen and oxygen atoms in total. The van der Waals surface area contributed by atoms with Crippen LogP contribution < -0.4 is 10.2 Å². The van der Waals surface area contributed by atoms with E-state index < -0.39 is 0 Å². The minimum Gasteiger partial charge on any atom is -0.385 e. The van der Waals surface area contributed by atoms with Gasteiger partial charge in [-0.25, -0.2) is 9.97 Å². The maximum absolute atomic E-state index is 13.3.